The molecule has 0 amide bonds. The summed E-state index contributed by atoms with van der Waals surface area (Å²) in [7, 11) is 0. The molecule has 16 heavy (non-hydrogen) atoms. The maximum Gasteiger partial charge on any atom is 0.151 e. The van der Waals surface area contributed by atoms with E-state index < -0.39 is 0 Å². The van der Waals surface area contributed by atoms with Crippen LogP contribution in [-0.2, 0) is 4.74 Å². The van der Waals surface area contributed by atoms with Crippen LogP contribution in [-0.4, -0.2) is 41.4 Å². The number of hydrogen-bond acceptors (Lipinski definition) is 4. The Morgan fingerprint density at radius 2 is 2.31 bits per heavy atom. The van der Waals surface area contributed by atoms with Crippen molar-refractivity contribution in [2.75, 3.05) is 23.9 Å². The predicted molar refractivity (Wildman–Crippen MR) is 64.0 cm³/mol. The predicted octanol–water partition coefficient (Wildman–Crippen LogP) is 1.62. The van der Waals surface area contributed by atoms with E-state index in [-0.39, 0.29) is 6.10 Å². The van der Waals surface area contributed by atoms with Gasteiger partial charge in [0.1, 0.15) is 0 Å². The monoisotopic (exact) mass is 241 g/mol. The number of ether oxygens (including phenoxy) is 1. The Morgan fingerprint density at radius 1 is 1.50 bits per heavy atom. The normalized spacial score (nSPS) is 25.8. The zero-order valence-electron chi connectivity index (χ0n) is 9.56. The fourth-order valence-electron chi connectivity index (χ4n) is 1.78. The molecular weight excluding hydrogens is 226 g/mol. The Balaban J connectivity index is 2.14. The molecule has 4 nitrogen and oxygen atoms in total. The van der Waals surface area contributed by atoms with Crippen molar-refractivity contribution in [2.45, 2.75) is 26.0 Å². The van der Waals surface area contributed by atoms with E-state index in [1.165, 1.54) is 0 Å². The van der Waals surface area contributed by atoms with Crippen molar-refractivity contribution in [3.8, 4) is 0 Å². The SMILES string of the molecule is Cc1ccc(N2CC(CCl)OCC2C)nn1. The van der Waals surface area contributed by atoms with Crippen molar-refractivity contribution in [1.29, 1.82) is 0 Å². The van der Waals surface area contributed by atoms with E-state index in [0.29, 0.717) is 18.5 Å². The minimum atomic E-state index is 0.0842. The lowest BCUT2D eigenvalue weighted by molar-refractivity contribution is 0.0361. The Morgan fingerprint density at radius 3 is 2.94 bits per heavy atom. The molecular formula is C11H16ClN3O. The number of anilines is 1. The zero-order valence-corrected chi connectivity index (χ0v) is 10.3. The summed E-state index contributed by atoms with van der Waals surface area (Å²) in [5.74, 6) is 1.42. The highest BCUT2D eigenvalue weighted by molar-refractivity contribution is 6.18. The second-order valence-electron chi connectivity index (χ2n) is 4.14. The van der Waals surface area contributed by atoms with Crippen molar-refractivity contribution in [3.05, 3.63) is 17.8 Å². The summed E-state index contributed by atoms with van der Waals surface area (Å²) < 4.78 is 5.59. The summed E-state index contributed by atoms with van der Waals surface area (Å²) in [6, 6.07) is 4.28. The summed E-state index contributed by atoms with van der Waals surface area (Å²) in [6.45, 7) is 5.52. The molecule has 88 valence electrons. The summed E-state index contributed by atoms with van der Waals surface area (Å²) in [5.41, 5.74) is 0.929. The van der Waals surface area contributed by atoms with E-state index in [4.69, 9.17) is 16.3 Å². The van der Waals surface area contributed by atoms with Crippen LogP contribution in [0.3, 0.4) is 0 Å². The molecule has 2 unspecified atom stereocenters. The number of aromatic nitrogens is 2. The third kappa shape index (κ3) is 2.44. The van der Waals surface area contributed by atoms with Crippen LogP contribution in [0.5, 0.6) is 0 Å². The van der Waals surface area contributed by atoms with Crippen molar-refractivity contribution < 1.29 is 4.74 Å². The first-order chi connectivity index (χ1) is 7.70. The third-order valence-corrected chi connectivity index (χ3v) is 3.10. The fraction of sp³-hybridized carbons (Fsp3) is 0.636. The van der Waals surface area contributed by atoms with Gasteiger partial charge in [-0.15, -0.1) is 16.7 Å². The topological polar surface area (TPSA) is 38.2 Å². The quantitative estimate of drug-likeness (QED) is 0.738. The number of nitrogens with zero attached hydrogens (tertiary/aromatic N) is 3. The van der Waals surface area contributed by atoms with Gasteiger partial charge < -0.3 is 9.64 Å². The highest BCUT2D eigenvalue weighted by atomic mass is 35.5. The number of aryl methyl sites for hydroxylation is 1. The lowest BCUT2D eigenvalue weighted by Gasteiger charge is -2.37. The molecule has 0 spiro atoms. The second-order valence-corrected chi connectivity index (χ2v) is 4.45. The van der Waals surface area contributed by atoms with E-state index in [1.54, 1.807) is 0 Å². The van der Waals surface area contributed by atoms with Gasteiger partial charge >= 0.3 is 0 Å². The van der Waals surface area contributed by atoms with Crippen LogP contribution in [0.1, 0.15) is 12.6 Å². The molecule has 0 radical (unpaired) electrons. The average Bonchev–Trinajstić information content (AvgIpc) is 2.31. The fourth-order valence-corrected chi connectivity index (χ4v) is 1.96. The smallest absolute Gasteiger partial charge is 0.151 e. The number of rotatable bonds is 2. The van der Waals surface area contributed by atoms with E-state index in [0.717, 1.165) is 18.1 Å². The molecule has 1 aromatic rings. The second kappa shape index (κ2) is 4.97. The largest absolute Gasteiger partial charge is 0.373 e. The number of halogens is 1. The number of hydrogen-bond donors (Lipinski definition) is 0. The Bertz CT molecular complexity index is 344. The van der Waals surface area contributed by atoms with Crippen LogP contribution in [0.4, 0.5) is 5.82 Å². The van der Waals surface area contributed by atoms with Crippen LogP contribution in [0.15, 0.2) is 12.1 Å². The molecule has 1 fully saturated rings. The first-order valence-corrected chi connectivity index (χ1v) is 5.98. The molecule has 0 bridgehead atoms. The van der Waals surface area contributed by atoms with Gasteiger partial charge in [-0.05, 0) is 26.0 Å². The minimum absolute atomic E-state index is 0.0842. The van der Waals surface area contributed by atoms with Gasteiger partial charge in [0.05, 0.1) is 30.3 Å². The Labute approximate surface area is 101 Å². The van der Waals surface area contributed by atoms with Crippen LogP contribution < -0.4 is 4.90 Å². The van der Waals surface area contributed by atoms with E-state index in [9.17, 15) is 0 Å². The lowest BCUT2D eigenvalue weighted by atomic mass is 10.2. The zero-order chi connectivity index (χ0) is 11.5. The molecule has 2 rings (SSSR count). The molecule has 0 saturated carbocycles. The minimum Gasteiger partial charge on any atom is -0.373 e. The standard InChI is InChI=1S/C11H16ClN3O/c1-8-3-4-11(14-13-8)15-6-10(5-12)16-7-9(15)2/h3-4,9-10H,5-7H2,1-2H3. The molecule has 0 aliphatic carbocycles. The van der Waals surface area contributed by atoms with Gasteiger partial charge in [-0.25, -0.2) is 0 Å². The molecule has 1 aliphatic rings. The lowest BCUT2D eigenvalue weighted by Crippen LogP contribution is -2.49. The summed E-state index contributed by atoms with van der Waals surface area (Å²) in [5, 5.41) is 8.27. The third-order valence-electron chi connectivity index (χ3n) is 2.76. The van der Waals surface area contributed by atoms with Crippen molar-refractivity contribution in [2.24, 2.45) is 0 Å². The van der Waals surface area contributed by atoms with Gasteiger partial charge in [-0.2, -0.15) is 5.10 Å². The highest BCUT2D eigenvalue weighted by Gasteiger charge is 2.26. The molecule has 0 N–H and O–H groups in total. The summed E-state index contributed by atoms with van der Waals surface area (Å²) in [6.07, 6.45) is 0.0842. The highest BCUT2D eigenvalue weighted by Crippen LogP contribution is 2.19. The molecule has 1 aromatic heterocycles. The number of alkyl halides is 1. The maximum atomic E-state index is 5.82. The van der Waals surface area contributed by atoms with Gasteiger partial charge in [0.2, 0.25) is 0 Å². The first-order valence-electron chi connectivity index (χ1n) is 5.45. The van der Waals surface area contributed by atoms with Crippen LogP contribution >= 0.6 is 11.6 Å². The molecule has 1 saturated heterocycles. The van der Waals surface area contributed by atoms with Gasteiger partial charge in [0, 0.05) is 6.54 Å². The maximum absolute atomic E-state index is 5.82. The van der Waals surface area contributed by atoms with Crippen molar-refractivity contribution in [3.63, 3.8) is 0 Å². The van der Waals surface area contributed by atoms with Crippen LogP contribution in [0.25, 0.3) is 0 Å². The number of morpholine rings is 1. The van der Waals surface area contributed by atoms with Crippen LogP contribution in [0.2, 0.25) is 0 Å². The van der Waals surface area contributed by atoms with Crippen molar-refractivity contribution in [1.82, 2.24) is 10.2 Å². The van der Waals surface area contributed by atoms with Crippen molar-refractivity contribution >= 4 is 17.4 Å². The summed E-state index contributed by atoms with van der Waals surface area (Å²) in [4.78, 5) is 2.20. The molecule has 0 aromatic carbocycles. The van der Waals surface area contributed by atoms with Gasteiger partial charge in [-0.1, -0.05) is 0 Å². The Kier molecular flexibility index (Phi) is 3.61. The summed E-state index contributed by atoms with van der Waals surface area (Å²) >= 11 is 5.82. The first kappa shape index (κ1) is 11.6. The molecule has 2 heterocycles. The van der Waals surface area contributed by atoms with Gasteiger partial charge in [0.25, 0.3) is 0 Å². The van der Waals surface area contributed by atoms with Gasteiger partial charge in [-0.3, -0.25) is 0 Å². The Hall–Kier alpha value is -0.870. The van der Waals surface area contributed by atoms with E-state index in [2.05, 4.69) is 22.0 Å². The molecule has 1 aliphatic heterocycles. The molecule has 5 heteroatoms. The van der Waals surface area contributed by atoms with E-state index in [1.807, 2.05) is 19.1 Å². The van der Waals surface area contributed by atoms with Gasteiger partial charge in [0.15, 0.2) is 5.82 Å². The average molecular weight is 242 g/mol. The van der Waals surface area contributed by atoms with Crippen LogP contribution in [0, 0.1) is 6.92 Å². The van der Waals surface area contributed by atoms with E-state index >= 15 is 0 Å². The molecule has 2 atom stereocenters.